The average Bonchev–Trinajstić information content (AvgIpc) is 2.32. The Morgan fingerprint density at radius 2 is 2.25 bits per heavy atom. The molecule has 72 valence electrons. The van der Waals surface area contributed by atoms with Crippen molar-refractivity contribution in [2.24, 2.45) is 11.7 Å². The lowest BCUT2D eigenvalue weighted by Gasteiger charge is -2.13. The SMILES string of the molecule is CSCCCN1CC(C)C(N)C1. The zero-order valence-corrected chi connectivity index (χ0v) is 8.94. The van der Waals surface area contributed by atoms with Gasteiger partial charge in [-0.1, -0.05) is 6.92 Å². The third-order valence-electron chi connectivity index (χ3n) is 2.57. The largest absolute Gasteiger partial charge is 0.326 e. The minimum Gasteiger partial charge on any atom is -0.326 e. The van der Waals surface area contributed by atoms with Crippen LogP contribution in [0.3, 0.4) is 0 Å². The Bertz CT molecular complexity index is 120. The summed E-state index contributed by atoms with van der Waals surface area (Å²) in [6.45, 7) is 5.79. The second-order valence-electron chi connectivity index (χ2n) is 3.75. The van der Waals surface area contributed by atoms with Crippen LogP contribution in [0.1, 0.15) is 13.3 Å². The first-order chi connectivity index (χ1) is 5.74. The summed E-state index contributed by atoms with van der Waals surface area (Å²) in [7, 11) is 0. The minimum absolute atomic E-state index is 0.416. The average molecular weight is 188 g/mol. The summed E-state index contributed by atoms with van der Waals surface area (Å²) in [6, 6.07) is 0.416. The highest BCUT2D eigenvalue weighted by atomic mass is 32.2. The molecule has 0 saturated carbocycles. The number of thioether (sulfide) groups is 1. The van der Waals surface area contributed by atoms with E-state index in [4.69, 9.17) is 5.73 Å². The Morgan fingerprint density at radius 3 is 2.75 bits per heavy atom. The molecular formula is C9H20N2S. The zero-order chi connectivity index (χ0) is 8.97. The monoisotopic (exact) mass is 188 g/mol. The second-order valence-corrected chi connectivity index (χ2v) is 4.73. The first-order valence-electron chi connectivity index (χ1n) is 4.71. The summed E-state index contributed by atoms with van der Waals surface area (Å²) in [5.41, 5.74) is 5.93. The predicted octanol–water partition coefficient (Wildman–Crippen LogP) is 1.02. The summed E-state index contributed by atoms with van der Waals surface area (Å²) >= 11 is 1.93. The molecule has 0 spiro atoms. The van der Waals surface area contributed by atoms with Crippen molar-refractivity contribution < 1.29 is 0 Å². The zero-order valence-electron chi connectivity index (χ0n) is 8.12. The Kier molecular flexibility index (Phi) is 4.40. The maximum absolute atomic E-state index is 5.93. The molecule has 0 aromatic carbocycles. The fraction of sp³-hybridized carbons (Fsp3) is 1.00. The maximum Gasteiger partial charge on any atom is 0.0206 e. The van der Waals surface area contributed by atoms with Crippen molar-refractivity contribution in [1.82, 2.24) is 4.90 Å². The number of likely N-dealkylation sites (tertiary alicyclic amines) is 1. The van der Waals surface area contributed by atoms with Crippen LogP contribution in [0.4, 0.5) is 0 Å². The van der Waals surface area contributed by atoms with Gasteiger partial charge in [0.05, 0.1) is 0 Å². The van der Waals surface area contributed by atoms with Crippen molar-refractivity contribution in [3.63, 3.8) is 0 Å². The summed E-state index contributed by atoms with van der Waals surface area (Å²) < 4.78 is 0. The molecule has 0 aliphatic carbocycles. The fourth-order valence-electron chi connectivity index (χ4n) is 1.71. The van der Waals surface area contributed by atoms with E-state index in [-0.39, 0.29) is 0 Å². The quantitative estimate of drug-likeness (QED) is 0.668. The van der Waals surface area contributed by atoms with E-state index in [1.165, 1.54) is 25.3 Å². The lowest BCUT2D eigenvalue weighted by Crippen LogP contribution is -2.29. The Morgan fingerprint density at radius 1 is 1.50 bits per heavy atom. The molecule has 1 rings (SSSR count). The third-order valence-corrected chi connectivity index (χ3v) is 3.27. The van der Waals surface area contributed by atoms with Gasteiger partial charge in [0.15, 0.2) is 0 Å². The van der Waals surface area contributed by atoms with Crippen molar-refractivity contribution in [1.29, 1.82) is 0 Å². The molecule has 2 atom stereocenters. The Labute approximate surface area is 79.9 Å². The van der Waals surface area contributed by atoms with Crippen LogP contribution in [-0.4, -0.2) is 42.6 Å². The van der Waals surface area contributed by atoms with Crippen LogP contribution in [0.15, 0.2) is 0 Å². The highest BCUT2D eigenvalue weighted by molar-refractivity contribution is 7.98. The lowest BCUT2D eigenvalue weighted by molar-refractivity contribution is 0.328. The number of rotatable bonds is 4. The van der Waals surface area contributed by atoms with Crippen molar-refractivity contribution in [3.05, 3.63) is 0 Å². The first-order valence-corrected chi connectivity index (χ1v) is 6.10. The van der Waals surface area contributed by atoms with E-state index in [2.05, 4.69) is 18.1 Å². The van der Waals surface area contributed by atoms with Gasteiger partial charge in [0.1, 0.15) is 0 Å². The van der Waals surface area contributed by atoms with Crippen molar-refractivity contribution in [2.45, 2.75) is 19.4 Å². The van der Waals surface area contributed by atoms with Gasteiger partial charge in [-0.05, 0) is 30.9 Å². The highest BCUT2D eigenvalue weighted by Gasteiger charge is 2.25. The summed E-state index contributed by atoms with van der Waals surface area (Å²) in [4.78, 5) is 2.49. The Hall–Kier alpha value is 0.270. The fourth-order valence-corrected chi connectivity index (χ4v) is 2.13. The van der Waals surface area contributed by atoms with Crippen LogP contribution < -0.4 is 5.73 Å². The van der Waals surface area contributed by atoms with Crippen LogP contribution in [0.25, 0.3) is 0 Å². The van der Waals surface area contributed by atoms with Gasteiger partial charge in [-0.3, -0.25) is 0 Å². The maximum atomic E-state index is 5.93. The molecule has 1 saturated heterocycles. The van der Waals surface area contributed by atoms with Gasteiger partial charge < -0.3 is 10.6 Å². The van der Waals surface area contributed by atoms with E-state index in [0.717, 1.165) is 6.54 Å². The second kappa shape index (κ2) is 5.10. The van der Waals surface area contributed by atoms with Gasteiger partial charge in [0.2, 0.25) is 0 Å². The molecule has 0 aromatic heterocycles. The summed E-state index contributed by atoms with van der Waals surface area (Å²) in [5.74, 6) is 1.97. The molecule has 2 nitrogen and oxygen atoms in total. The van der Waals surface area contributed by atoms with Crippen molar-refractivity contribution in [2.75, 3.05) is 31.6 Å². The minimum atomic E-state index is 0.416. The van der Waals surface area contributed by atoms with Gasteiger partial charge >= 0.3 is 0 Å². The number of nitrogens with two attached hydrogens (primary N) is 1. The summed E-state index contributed by atoms with van der Waals surface area (Å²) in [5, 5.41) is 0. The molecule has 1 aliphatic rings. The molecule has 2 unspecified atom stereocenters. The molecule has 12 heavy (non-hydrogen) atoms. The van der Waals surface area contributed by atoms with Gasteiger partial charge in [0, 0.05) is 19.1 Å². The first kappa shape index (κ1) is 10.4. The Balaban J connectivity index is 2.10. The molecule has 1 heterocycles. The molecule has 0 radical (unpaired) electrons. The normalized spacial score (nSPS) is 31.2. The number of hydrogen-bond donors (Lipinski definition) is 1. The van der Waals surface area contributed by atoms with Gasteiger partial charge in [-0.2, -0.15) is 11.8 Å². The van der Waals surface area contributed by atoms with Crippen LogP contribution in [0.5, 0.6) is 0 Å². The molecule has 1 aliphatic heterocycles. The van der Waals surface area contributed by atoms with Crippen LogP contribution in [-0.2, 0) is 0 Å². The van der Waals surface area contributed by atoms with E-state index < -0.39 is 0 Å². The molecule has 1 fully saturated rings. The van der Waals surface area contributed by atoms with Gasteiger partial charge in [-0.25, -0.2) is 0 Å². The topological polar surface area (TPSA) is 29.3 Å². The molecule has 3 heteroatoms. The van der Waals surface area contributed by atoms with E-state index in [1.807, 2.05) is 11.8 Å². The van der Waals surface area contributed by atoms with E-state index >= 15 is 0 Å². The van der Waals surface area contributed by atoms with E-state index in [9.17, 15) is 0 Å². The molecule has 0 amide bonds. The predicted molar refractivity (Wildman–Crippen MR) is 56.6 cm³/mol. The summed E-state index contributed by atoms with van der Waals surface area (Å²) in [6.07, 6.45) is 3.47. The van der Waals surface area contributed by atoms with Crippen LogP contribution in [0.2, 0.25) is 0 Å². The molecular weight excluding hydrogens is 168 g/mol. The van der Waals surface area contributed by atoms with Crippen LogP contribution in [0, 0.1) is 5.92 Å². The van der Waals surface area contributed by atoms with Crippen LogP contribution >= 0.6 is 11.8 Å². The van der Waals surface area contributed by atoms with Gasteiger partial charge in [-0.15, -0.1) is 0 Å². The standard InChI is InChI=1S/C9H20N2S/c1-8-6-11(7-9(8)10)4-3-5-12-2/h8-9H,3-7,10H2,1-2H3. The molecule has 2 N–H and O–H groups in total. The smallest absolute Gasteiger partial charge is 0.0206 e. The van der Waals surface area contributed by atoms with Gasteiger partial charge in [0.25, 0.3) is 0 Å². The molecule has 0 aromatic rings. The lowest BCUT2D eigenvalue weighted by atomic mass is 10.1. The van der Waals surface area contributed by atoms with Crippen molar-refractivity contribution >= 4 is 11.8 Å². The number of hydrogen-bond acceptors (Lipinski definition) is 3. The van der Waals surface area contributed by atoms with Crippen molar-refractivity contribution in [3.8, 4) is 0 Å². The van der Waals surface area contributed by atoms with E-state index in [0.29, 0.717) is 12.0 Å². The van der Waals surface area contributed by atoms with E-state index in [1.54, 1.807) is 0 Å². The molecule has 0 bridgehead atoms. The highest BCUT2D eigenvalue weighted by Crippen LogP contribution is 2.14. The third kappa shape index (κ3) is 2.96. The number of nitrogens with zero attached hydrogens (tertiary/aromatic N) is 1.